The molecule has 0 saturated carbocycles. The number of aldehydes is 1. The summed E-state index contributed by atoms with van der Waals surface area (Å²) in [6, 6.07) is 6.27. The first-order chi connectivity index (χ1) is 11.5. The maximum absolute atomic E-state index is 12.4. The number of nitrogens with zero attached hydrogens (tertiary/aromatic N) is 2. The van der Waals surface area contributed by atoms with E-state index in [9.17, 15) is 19.6 Å². The Morgan fingerprint density at radius 1 is 1.54 bits per heavy atom. The van der Waals surface area contributed by atoms with E-state index in [2.05, 4.69) is 10.1 Å². The first-order valence-electron chi connectivity index (χ1n) is 7.03. The monoisotopic (exact) mass is 329 g/mol. The molecule has 1 aliphatic rings. The quantitative estimate of drug-likeness (QED) is 0.558. The largest absolute Gasteiger partial charge is 0.466 e. The van der Waals surface area contributed by atoms with Gasteiger partial charge in [0.1, 0.15) is 18.1 Å². The lowest BCUT2D eigenvalue weighted by molar-refractivity contribution is -0.136. The number of esters is 1. The summed E-state index contributed by atoms with van der Waals surface area (Å²) >= 11 is 0. The van der Waals surface area contributed by atoms with E-state index in [1.165, 1.54) is 30.2 Å². The Labute approximate surface area is 137 Å². The minimum absolute atomic E-state index is 0.00269. The Morgan fingerprint density at radius 3 is 2.88 bits per heavy atom. The molecule has 1 aromatic carbocycles. The van der Waals surface area contributed by atoms with E-state index in [0.29, 0.717) is 17.5 Å². The molecule has 8 nitrogen and oxygen atoms in total. The number of hydrogen-bond acceptors (Lipinski definition) is 7. The predicted octanol–water partition coefficient (Wildman–Crippen LogP) is 0.0443. The highest BCUT2D eigenvalue weighted by Gasteiger charge is 2.34. The van der Waals surface area contributed by atoms with Gasteiger partial charge in [-0.15, -0.1) is 0 Å². The molecule has 0 unspecified atom stereocenters. The highest BCUT2D eigenvalue weighted by Crippen LogP contribution is 2.25. The zero-order valence-electron chi connectivity index (χ0n) is 12.9. The Morgan fingerprint density at radius 2 is 2.29 bits per heavy atom. The summed E-state index contributed by atoms with van der Waals surface area (Å²) in [5.41, 5.74) is 0.868. The van der Waals surface area contributed by atoms with E-state index in [0.717, 1.165) is 0 Å². The maximum atomic E-state index is 12.4. The normalized spacial score (nSPS) is 13.7. The summed E-state index contributed by atoms with van der Waals surface area (Å²) in [5.74, 6) is -1.15. The van der Waals surface area contributed by atoms with Crippen molar-refractivity contribution in [2.24, 2.45) is 0 Å². The Bertz CT molecular complexity index is 763. The van der Waals surface area contributed by atoms with E-state index < -0.39 is 11.9 Å². The van der Waals surface area contributed by atoms with Crippen LogP contribution < -0.4 is 5.32 Å². The number of carbonyl (C=O) groups excluding carboxylic acids is 3. The molecule has 0 aromatic heterocycles. The third kappa shape index (κ3) is 3.26. The number of methoxy groups -OCH3 is 1. The summed E-state index contributed by atoms with van der Waals surface area (Å²) in [6.07, 6.45) is 0.605. The minimum atomic E-state index is -0.672. The highest BCUT2D eigenvalue weighted by atomic mass is 16.5. The lowest BCUT2D eigenvalue weighted by atomic mass is 10.1. The number of nitrogens with one attached hydrogen (secondary N) is 1. The maximum Gasteiger partial charge on any atom is 0.337 e. The number of amides is 1. The van der Waals surface area contributed by atoms with Gasteiger partial charge in [-0.2, -0.15) is 5.26 Å². The van der Waals surface area contributed by atoms with E-state index >= 15 is 0 Å². The molecule has 2 rings (SSSR count). The number of β-amino-alcohol motifs (C(OH)–C–C–N with tert-alkyl or cyclic N) is 1. The molecule has 124 valence electrons. The van der Waals surface area contributed by atoms with Crippen molar-refractivity contribution in [3.8, 4) is 6.07 Å². The van der Waals surface area contributed by atoms with Crippen LogP contribution in [0.2, 0.25) is 0 Å². The second-order valence-electron chi connectivity index (χ2n) is 4.96. The van der Waals surface area contributed by atoms with Crippen molar-refractivity contribution >= 4 is 23.9 Å². The van der Waals surface area contributed by atoms with Crippen LogP contribution in [-0.2, 0) is 14.3 Å². The van der Waals surface area contributed by atoms with Crippen LogP contribution in [0.3, 0.4) is 0 Å². The van der Waals surface area contributed by atoms with Crippen molar-refractivity contribution in [2.75, 3.05) is 32.1 Å². The highest BCUT2D eigenvalue weighted by molar-refractivity contribution is 6.08. The van der Waals surface area contributed by atoms with Crippen molar-refractivity contribution in [3.05, 3.63) is 40.6 Å². The van der Waals surface area contributed by atoms with Gasteiger partial charge in [0.25, 0.3) is 5.91 Å². The molecule has 0 aliphatic carbocycles. The van der Waals surface area contributed by atoms with Gasteiger partial charge in [0.05, 0.1) is 37.1 Å². The van der Waals surface area contributed by atoms with E-state index in [4.69, 9.17) is 5.11 Å². The lowest BCUT2D eigenvalue weighted by Crippen LogP contribution is -2.31. The number of carbonyl (C=O) groups is 3. The van der Waals surface area contributed by atoms with Crippen LogP contribution in [-0.4, -0.2) is 55.0 Å². The number of ether oxygens (including phenoxy) is 1. The van der Waals surface area contributed by atoms with Crippen LogP contribution in [0, 0.1) is 11.3 Å². The van der Waals surface area contributed by atoms with Gasteiger partial charge in [-0.25, -0.2) is 4.79 Å². The molecule has 0 radical (unpaired) electrons. The average molecular weight is 329 g/mol. The SMILES string of the molecule is COC(=O)C1=C(Nc2ccc(C=O)cc2C#N)C(=O)N(CCO)C1. The molecule has 0 spiro atoms. The van der Waals surface area contributed by atoms with E-state index in [1.54, 1.807) is 0 Å². The zero-order chi connectivity index (χ0) is 17.7. The van der Waals surface area contributed by atoms with Crippen LogP contribution in [0.15, 0.2) is 29.5 Å². The summed E-state index contributed by atoms with van der Waals surface area (Å²) in [4.78, 5) is 36.4. The number of aliphatic hydroxyl groups is 1. The molecule has 1 amide bonds. The van der Waals surface area contributed by atoms with Gasteiger partial charge in [-0.1, -0.05) is 0 Å². The first-order valence-corrected chi connectivity index (χ1v) is 7.03. The van der Waals surface area contributed by atoms with Crippen LogP contribution in [0.5, 0.6) is 0 Å². The molecular formula is C16H15N3O5. The molecule has 0 atom stereocenters. The summed E-state index contributed by atoms with van der Waals surface area (Å²) in [6.45, 7) is -0.173. The van der Waals surface area contributed by atoms with Crippen LogP contribution in [0.25, 0.3) is 0 Å². The fraction of sp³-hybridized carbons (Fsp3) is 0.250. The van der Waals surface area contributed by atoms with Gasteiger partial charge in [0.2, 0.25) is 0 Å². The molecular weight excluding hydrogens is 314 g/mol. The van der Waals surface area contributed by atoms with Crippen molar-refractivity contribution in [1.29, 1.82) is 5.26 Å². The molecule has 0 saturated heterocycles. The standard InChI is InChI=1S/C16H15N3O5/c1-24-16(23)12-8-19(4-5-20)15(22)14(12)18-13-3-2-10(9-21)6-11(13)7-17/h2-3,6,9,18,20H,4-5,8H2,1H3. The lowest BCUT2D eigenvalue weighted by Gasteiger charge is -2.15. The molecule has 0 bridgehead atoms. The zero-order valence-corrected chi connectivity index (χ0v) is 12.9. The van der Waals surface area contributed by atoms with Crippen molar-refractivity contribution in [3.63, 3.8) is 0 Å². The van der Waals surface area contributed by atoms with Gasteiger partial charge in [0, 0.05) is 12.1 Å². The number of benzene rings is 1. The second-order valence-corrected chi connectivity index (χ2v) is 4.96. The van der Waals surface area contributed by atoms with Crippen LogP contribution >= 0.6 is 0 Å². The Balaban J connectivity index is 2.41. The topological polar surface area (TPSA) is 120 Å². The van der Waals surface area contributed by atoms with Crippen molar-refractivity contribution in [1.82, 2.24) is 4.90 Å². The number of hydrogen-bond donors (Lipinski definition) is 2. The molecule has 8 heteroatoms. The van der Waals surface area contributed by atoms with Gasteiger partial charge in [-0.3, -0.25) is 9.59 Å². The van der Waals surface area contributed by atoms with Gasteiger partial charge in [0.15, 0.2) is 0 Å². The first kappa shape index (κ1) is 17.2. The minimum Gasteiger partial charge on any atom is -0.466 e. The fourth-order valence-electron chi connectivity index (χ4n) is 2.32. The summed E-state index contributed by atoms with van der Waals surface area (Å²) < 4.78 is 4.68. The molecule has 1 heterocycles. The summed E-state index contributed by atoms with van der Waals surface area (Å²) in [5, 5.41) is 21.0. The third-order valence-corrected chi connectivity index (χ3v) is 3.51. The smallest absolute Gasteiger partial charge is 0.337 e. The summed E-state index contributed by atoms with van der Waals surface area (Å²) in [7, 11) is 1.20. The number of anilines is 1. The predicted molar refractivity (Wildman–Crippen MR) is 82.9 cm³/mol. The number of nitriles is 1. The second kappa shape index (κ2) is 7.39. The van der Waals surface area contributed by atoms with Gasteiger partial charge < -0.3 is 20.1 Å². The molecule has 2 N–H and O–H groups in total. The Hall–Kier alpha value is -3.18. The van der Waals surface area contributed by atoms with E-state index in [1.807, 2.05) is 6.07 Å². The average Bonchev–Trinajstić information content (AvgIpc) is 2.91. The van der Waals surface area contributed by atoms with Gasteiger partial charge in [-0.05, 0) is 18.2 Å². The van der Waals surface area contributed by atoms with Crippen LogP contribution in [0.1, 0.15) is 15.9 Å². The fourth-order valence-corrected chi connectivity index (χ4v) is 2.32. The van der Waals surface area contributed by atoms with Gasteiger partial charge >= 0.3 is 5.97 Å². The molecule has 1 aromatic rings. The van der Waals surface area contributed by atoms with Crippen molar-refractivity contribution < 1.29 is 24.2 Å². The Kier molecular flexibility index (Phi) is 5.29. The number of rotatable bonds is 6. The molecule has 24 heavy (non-hydrogen) atoms. The van der Waals surface area contributed by atoms with E-state index in [-0.39, 0.29) is 36.5 Å². The third-order valence-electron chi connectivity index (χ3n) is 3.51. The number of aliphatic hydroxyl groups excluding tert-OH is 1. The van der Waals surface area contributed by atoms with Crippen LogP contribution in [0.4, 0.5) is 5.69 Å². The molecule has 0 fully saturated rings. The molecule has 1 aliphatic heterocycles. The van der Waals surface area contributed by atoms with Crippen molar-refractivity contribution in [2.45, 2.75) is 0 Å².